The molecule has 69 heavy (non-hydrogen) atoms. The molecule has 12 rings (SSSR count). The summed E-state index contributed by atoms with van der Waals surface area (Å²) in [6.07, 6.45) is 8.23. The van der Waals surface area contributed by atoms with Crippen LogP contribution in [0.4, 0.5) is 31.8 Å². The molecule has 10 aromatic rings. The molecule has 16 nitrogen and oxygen atoms in total. The molecular formula is C49H44F2N14O2S2. The third kappa shape index (κ3) is 8.01. The number of rotatable bonds is 14. The predicted molar refractivity (Wildman–Crippen MR) is 265 cm³/mol. The maximum absolute atomic E-state index is 15.7. The van der Waals surface area contributed by atoms with Gasteiger partial charge < -0.3 is 25.0 Å². The fourth-order valence-electron chi connectivity index (χ4n) is 9.39. The van der Waals surface area contributed by atoms with E-state index >= 15 is 8.78 Å². The van der Waals surface area contributed by atoms with Crippen molar-refractivity contribution in [3.8, 4) is 33.8 Å². The summed E-state index contributed by atoms with van der Waals surface area (Å²) < 4.78 is 47.8. The van der Waals surface area contributed by atoms with Crippen LogP contribution in [0.3, 0.4) is 0 Å². The number of benzene rings is 4. The quantitative estimate of drug-likeness (QED) is 0.0940. The normalized spacial score (nSPS) is 15.7. The molecule has 0 radical (unpaired) electrons. The SMILES string of the molecule is C[C@H](Oc1cc(-c2cn[nH]c2CN2CC([C@@H](C)Oc3cc(-c4cnn(C)c4)cc4ncnc(Nc5ccc6ncsc6c5F)c34)C2)cc2ncnc(Nc3ccc4ncsc4c3F)c12)C1CN(C)C1. The van der Waals surface area contributed by atoms with Crippen LogP contribution in [0.15, 0.2) is 90.8 Å². The smallest absolute Gasteiger partial charge is 0.166 e. The number of likely N-dealkylation sites (tertiary alicyclic amines) is 2. The highest BCUT2D eigenvalue weighted by Gasteiger charge is 2.35. The second-order valence-electron chi connectivity index (χ2n) is 17.9. The molecule has 2 saturated heterocycles. The third-order valence-electron chi connectivity index (χ3n) is 13.3. The summed E-state index contributed by atoms with van der Waals surface area (Å²) in [6.45, 7) is 8.19. The molecular weight excluding hydrogens is 919 g/mol. The van der Waals surface area contributed by atoms with Crippen LogP contribution in [0.2, 0.25) is 0 Å². The van der Waals surface area contributed by atoms with Gasteiger partial charge in [0.05, 0.1) is 82.7 Å². The van der Waals surface area contributed by atoms with E-state index in [9.17, 15) is 0 Å². The minimum absolute atomic E-state index is 0.0997. The molecule has 20 heteroatoms. The molecule has 2 atom stereocenters. The second-order valence-corrected chi connectivity index (χ2v) is 19.6. The van der Waals surface area contributed by atoms with Gasteiger partial charge in [0.25, 0.3) is 0 Å². The molecule has 0 spiro atoms. The predicted octanol–water partition coefficient (Wildman–Crippen LogP) is 9.58. The number of nitrogens with zero attached hydrogens (tertiary/aromatic N) is 11. The Morgan fingerprint density at radius 3 is 1.81 bits per heavy atom. The molecule has 2 fully saturated rings. The van der Waals surface area contributed by atoms with Crippen molar-refractivity contribution in [2.24, 2.45) is 18.9 Å². The largest absolute Gasteiger partial charge is 0.489 e. The van der Waals surface area contributed by atoms with E-state index < -0.39 is 5.82 Å². The van der Waals surface area contributed by atoms with Crippen LogP contribution in [0.5, 0.6) is 11.5 Å². The van der Waals surface area contributed by atoms with Crippen molar-refractivity contribution in [3.63, 3.8) is 0 Å². The van der Waals surface area contributed by atoms with Gasteiger partial charge in [-0.3, -0.25) is 14.7 Å². The monoisotopic (exact) mass is 962 g/mol. The fraction of sp³-hybridized carbons (Fsp3) is 0.265. The van der Waals surface area contributed by atoms with E-state index in [0.29, 0.717) is 83.5 Å². The number of hydrogen-bond donors (Lipinski definition) is 3. The first-order valence-electron chi connectivity index (χ1n) is 22.5. The summed E-state index contributed by atoms with van der Waals surface area (Å²) >= 11 is 2.51. The molecule has 0 saturated carbocycles. The lowest BCUT2D eigenvalue weighted by Gasteiger charge is -2.42. The Labute approximate surface area is 401 Å². The molecule has 6 aromatic heterocycles. The Morgan fingerprint density at radius 1 is 0.681 bits per heavy atom. The number of thiazole rings is 2. The van der Waals surface area contributed by atoms with Crippen molar-refractivity contribution >= 4 is 87.9 Å². The first-order chi connectivity index (χ1) is 33.6. The van der Waals surface area contributed by atoms with Crippen LogP contribution in [0, 0.1) is 23.5 Å². The van der Waals surface area contributed by atoms with E-state index in [1.807, 2.05) is 43.7 Å². The number of aromatic nitrogens is 10. The van der Waals surface area contributed by atoms with Crippen LogP contribution in [0.25, 0.3) is 64.5 Å². The highest BCUT2D eigenvalue weighted by atomic mass is 32.1. The van der Waals surface area contributed by atoms with Gasteiger partial charge in [-0.1, -0.05) is 0 Å². The third-order valence-corrected chi connectivity index (χ3v) is 14.9. The van der Waals surface area contributed by atoms with Crippen molar-refractivity contribution in [2.75, 3.05) is 43.9 Å². The minimum atomic E-state index is -0.393. The molecule has 348 valence electrons. The zero-order valence-corrected chi connectivity index (χ0v) is 39.4. The van der Waals surface area contributed by atoms with Gasteiger partial charge >= 0.3 is 0 Å². The second kappa shape index (κ2) is 17.4. The number of anilines is 4. The molecule has 4 aromatic carbocycles. The van der Waals surface area contributed by atoms with Crippen molar-refractivity contribution in [1.29, 1.82) is 0 Å². The number of nitrogens with one attached hydrogen (secondary N) is 3. The van der Waals surface area contributed by atoms with Crippen molar-refractivity contribution in [3.05, 3.63) is 108 Å². The lowest BCUT2D eigenvalue weighted by atomic mass is 9.93. The molecule has 0 unspecified atom stereocenters. The van der Waals surface area contributed by atoms with Gasteiger partial charge in [-0.05, 0) is 80.6 Å². The number of aryl methyl sites for hydroxylation is 1. The van der Waals surface area contributed by atoms with Crippen LogP contribution >= 0.6 is 22.7 Å². The van der Waals surface area contributed by atoms with Gasteiger partial charge in [0.15, 0.2) is 11.6 Å². The maximum Gasteiger partial charge on any atom is 0.166 e. The minimum Gasteiger partial charge on any atom is -0.489 e. The number of ether oxygens (including phenoxy) is 2. The van der Waals surface area contributed by atoms with E-state index in [-0.39, 0.29) is 29.6 Å². The summed E-state index contributed by atoms with van der Waals surface area (Å²) in [5.41, 5.74) is 10.9. The van der Waals surface area contributed by atoms with Crippen molar-refractivity contribution in [2.45, 2.75) is 32.6 Å². The zero-order valence-electron chi connectivity index (χ0n) is 37.8. The summed E-state index contributed by atoms with van der Waals surface area (Å²) in [5, 5.41) is 20.0. The number of halogens is 2. The standard InChI is InChI=1S/C49H44F2N14O2S2/c1-25(30-15-63(3)16-30)66-41-12-28(10-38-43(41)49(55-22-53-38)61-34-6-8-36-47(45(34)51)69-24-57-36)32-14-58-62-39(32)20-65-18-31(19-65)26(2)67-40-11-27(29-13-59-64(4)17-29)9-37-42(40)48(54-21-52-37)60-33-5-7-35-46(44(33)50)68-23-56-35/h5-14,17,21-26,30-31H,15-16,18-20H2,1-4H3,(H,58,62)(H,52,54,60)(H,53,55,61)/t25-,26+/m0/s1. The average molecular weight is 963 g/mol. The van der Waals surface area contributed by atoms with Gasteiger partial charge in [0, 0.05) is 68.9 Å². The number of fused-ring (bicyclic) bond motifs is 4. The molecule has 2 aliphatic rings. The average Bonchev–Trinajstić information content (AvgIpc) is 4.17. The van der Waals surface area contributed by atoms with Gasteiger partial charge in [-0.25, -0.2) is 38.7 Å². The van der Waals surface area contributed by atoms with E-state index in [4.69, 9.17) is 14.5 Å². The fourth-order valence-corrected chi connectivity index (χ4v) is 10.8. The van der Waals surface area contributed by atoms with Crippen LogP contribution in [-0.2, 0) is 13.6 Å². The molecule has 0 amide bonds. The first-order valence-corrected chi connectivity index (χ1v) is 24.3. The topological polar surface area (TPSA) is 173 Å². The summed E-state index contributed by atoms with van der Waals surface area (Å²) in [6, 6.07) is 14.9. The van der Waals surface area contributed by atoms with Crippen LogP contribution in [-0.4, -0.2) is 105 Å². The number of H-pyrrole nitrogens is 1. The molecule has 0 aliphatic carbocycles. The maximum atomic E-state index is 15.7. The molecule has 0 bridgehead atoms. The summed E-state index contributed by atoms with van der Waals surface area (Å²) in [4.78, 5) is 31.7. The van der Waals surface area contributed by atoms with Gasteiger partial charge in [0.1, 0.15) is 48.0 Å². The van der Waals surface area contributed by atoms with E-state index in [0.717, 1.165) is 54.1 Å². The van der Waals surface area contributed by atoms with Crippen molar-refractivity contribution < 1.29 is 18.3 Å². The van der Waals surface area contributed by atoms with Gasteiger partial charge in [-0.2, -0.15) is 10.2 Å². The van der Waals surface area contributed by atoms with E-state index in [2.05, 4.69) is 81.5 Å². The van der Waals surface area contributed by atoms with E-state index in [1.165, 1.54) is 35.3 Å². The van der Waals surface area contributed by atoms with Gasteiger partial charge in [0.2, 0.25) is 0 Å². The Bertz CT molecular complexity index is 3570. The number of aromatic amines is 1. The van der Waals surface area contributed by atoms with Crippen molar-refractivity contribution in [1.82, 2.24) is 59.7 Å². The summed E-state index contributed by atoms with van der Waals surface area (Å²) in [5.74, 6) is 1.81. The Kier molecular flexibility index (Phi) is 10.8. The van der Waals surface area contributed by atoms with Crippen LogP contribution < -0.4 is 20.1 Å². The molecule has 8 heterocycles. The number of hydrogen-bond acceptors (Lipinski definition) is 16. The Morgan fingerprint density at radius 2 is 1.25 bits per heavy atom. The lowest BCUT2D eigenvalue weighted by molar-refractivity contribution is 0.0132. The van der Waals surface area contributed by atoms with E-state index in [1.54, 1.807) is 46.2 Å². The van der Waals surface area contributed by atoms with Crippen LogP contribution in [0.1, 0.15) is 19.5 Å². The summed E-state index contributed by atoms with van der Waals surface area (Å²) in [7, 11) is 3.98. The Balaban J connectivity index is 0.804. The molecule has 2 aliphatic heterocycles. The lowest BCUT2D eigenvalue weighted by Crippen LogP contribution is -2.52. The zero-order chi connectivity index (χ0) is 46.9. The highest BCUT2D eigenvalue weighted by molar-refractivity contribution is 7.17. The Hall–Kier alpha value is -7.26. The van der Waals surface area contributed by atoms with Gasteiger partial charge in [-0.15, -0.1) is 22.7 Å². The first kappa shape index (κ1) is 43.0. The molecule has 3 N–H and O–H groups in total. The highest BCUT2D eigenvalue weighted by Crippen LogP contribution is 2.42.